The summed E-state index contributed by atoms with van der Waals surface area (Å²) in [5.41, 5.74) is 10.7. The van der Waals surface area contributed by atoms with Crippen molar-refractivity contribution in [2.75, 3.05) is 23.7 Å². The van der Waals surface area contributed by atoms with Crippen LogP contribution in [-0.4, -0.2) is 32.8 Å². The van der Waals surface area contributed by atoms with Gasteiger partial charge in [-0.05, 0) is 12.5 Å². The van der Waals surface area contributed by atoms with Crippen molar-refractivity contribution in [3.63, 3.8) is 0 Å². The zero-order valence-corrected chi connectivity index (χ0v) is 13.7. The van der Waals surface area contributed by atoms with Crippen molar-refractivity contribution in [3.8, 4) is 11.3 Å². The van der Waals surface area contributed by atoms with Crippen molar-refractivity contribution >= 4 is 11.8 Å². The molecule has 3 heterocycles. The Morgan fingerprint density at radius 2 is 1.83 bits per heavy atom. The van der Waals surface area contributed by atoms with Gasteiger partial charge in [0, 0.05) is 43.9 Å². The first-order chi connectivity index (χ1) is 11.7. The molecule has 122 valence electrons. The highest BCUT2D eigenvalue weighted by Gasteiger charge is 2.22. The third kappa shape index (κ3) is 2.60. The van der Waals surface area contributed by atoms with Gasteiger partial charge >= 0.3 is 0 Å². The monoisotopic (exact) mass is 320 g/mol. The normalized spacial score (nSPS) is 14.3. The number of benzene rings is 1. The summed E-state index contributed by atoms with van der Waals surface area (Å²) in [6.07, 6.45) is 3.56. The number of rotatable bonds is 2. The maximum Gasteiger partial charge on any atom is 0.221 e. The first-order valence-electron chi connectivity index (χ1n) is 8.16. The largest absolute Gasteiger partial charge is 0.368 e. The fourth-order valence-electron chi connectivity index (χ4n) is 3.41. The van der Waals surface area contributed by atoms with E-state index in [0.717, 1.165) is 31.7 Å². The third-order valence-corrected chi connectivity index (χ3v) is 4.51. The van der Waals surface area contributed by atoms with Gasteiger partial charge in [-0.2, -0.15) is 10.1 Å². The van der Waals surface area contributed by atoms with Crippen LogP contribution in [-0.2, 0) is 19.9 Å². The number of anilines is 2. The molecular weight excluding hydrogens is 300 g/mol. The number of hydrogen-bond donors (Lipinski definition) is 1. The quantitative estimate of drug-likeness (QED) is 0.782. The van der Waals surface area contributed by atoms with Gasteiger partial charge in [0.25, 0.3) is 0 Å². The number of nitrogens with two attached hydrogens (primary N) is 1. The van der Waals surface area contributed by atoms with Crippen molar-refractivity contribution in [2.24, 2.45) is 7.05 Å². The molecule has 2 aromatic heterocycles. The van der Waals surface area contributed by atoms with Gasteiger partial charge in [0.15, 0.2) is 0 Å². The van der Waals surface area contributed by atoms with E-state index in [1.54, 1.807) is 6.20 Å². The minimum Gasteiger partial charge on any atom is -0.368 e. The number of aryl methyl sites for hydroxylation is 1. The van der Waals surface area contributed by atoms with Crippen molar-refractivity contribution < 1.29 is 0 Å². The number of nitrogen functional groups attached to an aromatic ring is 1. The second kappa shape index (κ2) is 5.96. The van der Waals surface area contributed by atoms with E-state index in [0.29, 0.717) is 5.95 Å². The maximum absolute atomic E-state index is 5.72. The van der Waals surface area contributed by atoms with Crippen LogP contribution in [0.2, 0.25) is 0 Å². The van der Waals surface area contributed by atoms with E-state index in [9.17, 15) is 0 Å². The summed E-state index contributed by atoms with van der Waals surface area (Å²) in [5.74, 6) is 1.21. The molecule has 24 heavy (non-hydrogen) atoms. The van der Waals surface area contributed by atoms with E-state index < -0.39 is 0 Å². The van der Waals surface area contributed by atoms with Gasteiger partial charge in [-0.15, -0.1) is 0 Å². The molecular formula is C18H20N6. The van der Waals surface area contributed by atoms with Gasteiger partial charge in [0.05, 0.1) is 11.4 Å². The van der Waals surface area contributed by atoms with Crippen LogP contribution in [0.3, 0.4) is 0 Å². The van der Waals surface area contributed by atoms with Gasteiger partial charge in [-0.3, -0.25) is 4.68 Å². The van der Waals surface area contributed by atoms with Crippen LogP contribution in [0.15, 0.2) is 42.6 Å². The predicted molar refractivity (Wildman–Crippen MR) is 94.7 cm³/mol. The molecule has 0 fully saturated rings. The SMILES string of the molecule is Cn1nc2c(c1-c1ccccc1)CCN(c1ccnc(N)n1)CC2. The highest BCUT2D eigenvalue weighted by Crippen LogP contribution is 2.29. The van der Waals surface area contributed by atoms with E-state index >= 15 is 0 Å². The lowest BCUT2D eigenvalue weighted by molar-refractivity contribution is 0.725. The van der Waals surface area contributed by atoms with E-state index in [2.05, 4.69) is 39.1 Å². The molecule has 0 atom stereocenters. The lowest BCUT2D eigenvalue weighted by Gasteiger charge is -2.21. The Morgan fingerprint density at radius 1 is 1.04 bits per heavy atom. The van der Waals surface area contributed by atoms with E-state index in [1.807, 2.05) is 23.9 Å². The molecule has 0 saturated heterocycles. The topological polar surface area (TPSA) is 72.9 Å². The van der Waals surface area contributed by atoms with Crippen molar-refractivity contribution in [1.82, 2.24) is 19.7 Å². The molecule has 2 N–H and O–H groups in total. The summed E-state index contributed by atoms with van der Waals surface area (Å²) in [4.78, 5) is 10.6. The molecule has 0 spiro atoms. The molecule has 4 rings (SSSR count). The summed E-state index contributed by atoms with van der Waals surface area (Å²) < 4.78 is 2.01. The summed E-state index contributed by atoms with van der Waals surface area (Å²) in [6, 6.07) is 12.4. The second-order valence-corrected chi connectivity index (χ2v) is 6.02. The predicted octanol–water partition coefficient (Wildman–Crippen LogP) is 2.06. The Hall–Kier alpha value is -2.89. The van der Waals surface area contributed by atoms with Gasteiger partial charge in [0.2, 0.25) is 5.95 Å². The average molecular weight is 320 g/mol. The molecule has 1 aliphatic heterocycles. The Balaban J connectivity index is 1.66. The van der Waals surface area contributed by atoms with Crippen molar-refractivity contribution in [2.45, 2.75) is 12.8 Å². The highest BCUT2D eigenvalue weighted by molar-refractivity contribution is 5.65. The third-order valence-electron chi connectivity index (χ3n) is 4.51. The van der Waals surface area contributed by atoms with Crippen molar-refractivity contribution in [3.05, 3.63) is 53.9 Å². The number of hydrogen-bond acceptors (Lipinski definition) is 5. The summed E-state index contributed by atoms with van der Waals surface area (Å²) >= 11 is 0. The van der Waals surface area contributed by atoms with Crippen LogP contribution in [0.1, 0.15) is 11.3 Å². The standard InChI is InChI=1S/C18H20N6/c1-23-17(13-5-3-2-4-6-13)14-8-11-24(12-9-15(14)22-23)16-7-10-20-18(19)21-16/h2-7,10H,8-9,11-12H2,1H3,(H2,19,20,21). The van der Waals surface area contributed by atoms with Gasteiger partial charge in [0.1, 0.15) is 5.82 Å². The molecule has 0 unspecified atom stereocenters. The molecule has 6 nitrogen and oxygen atoms in total. The highest BCUT2D eigenvalue weighted by atomic mass is 15.3. The van der Waals surface area contributed by atoms with Crippen molar-refractivity contribution in [1.29, 1.82) is 0 Å². The molecule has 0 aliphatic carbocycles. The summed E-state index contributed by atoms with van der Waals surface area (Å²) in [6.45, 7) is 1.78. The molecule has 1 aliphatic rings. The van der Waals surface area contributed by atoms with Crippen LogP contribution < -0.4 is 10.6 Å². The first kappa shape index (κ1) is 14.7. The van der Waals surface area contributed by atoms with Crippen LogP contribution in [0.5, 0.6) is 0 Å². The molecule has 0 saturated carbocycles. The lowest BCUT2D eigenvalue weighted by Crippen LogP contribution is -2.27. The number of nitrogens with zero attached hydrogens (tertiary/aromatic N) is 5. The minimum absolute atomic E-state index is 0.318. The van der Waals surface area contributed by atoms with E-state index in [4.69, 9.17) is 10.8 Å². The van der Waals surface area contributed by atoms with E-state index in [-0.39, 0.29) is 0 Å². The fraction of sp³-hybridized carbons (Fsp3) is 0.278. The molecule has 1 aromatic carbocycles. The van der Waals surface area contributed by atoms with E-state index in [1.165, 1.54) is 22.5 Å². The summed E-state index contributed by atoms with van der Waals surface area (Å²) in [5, 5.41) is 4.77. The lowest BCUT2D eigenvalue weighted by atomic mass is 10.0. The summed E-state index contributed by atoms with van der Waals surface area (Å²) in [7, 11) is 2.03. The zero-order chi connectivity index (χ0) is 16.5. The fourth-order valence-corrected chi connectivity index (χ4v) is 3.41. The first-order valence-corrected chi connectivity index (χ1v) is 8.16. The minimum atomic E-state index is 0.318. The van der Waals surface area contributed by atoms with Crippen LogP contribution in [0.4, 0.5) is 11.8 Å². The average Bonchev–Trinajstić information content (AvgIpc) is 2.77. The van der Waals surface area contributed by atoms with Gasteiger partial charge in [-0.1, -0.05) is 30.3 Å². The molecule has 6 heteroatoms. The molecule has 0 radical (unpaired) electrons. The number of fused-ring (bicyclic) bond motifs is 1. The molecule has 3 aromatic rings. The number of aromatic nitrogens is 4. The Kier molecular flexibility index (Phi) is 3.65. The van der Waals surface area contributed by atoms with Gasteiger partial charge < -0.3 is 10.6 Å². The second-order valence-electron chi connectivity index (χ2n) is 6.02. The van der Waals surface area contributed by atoms with Crippen LogP contribution in [0.25, 0.3) is 11.3 Å². The van der Waals surface area contributed by atoms with Crippen LogP contribution >= 0.6 is 0 Å². The Morgan fingerprint density at radius 3 is 2.62 bits per heavy atom. The Labute approximate surface area is 141 Å². The molecule has 0 bridgehead atoms. The Bertz CT molecular complexity index is 855. The van der Waals surface area contributed by atoms with Gasteiger partial charge in [-0.25, -0.2) is 4.98 Å². The molecule has 0 amide bonds. The van der Waals surface area contributed by atoms with Crippen LogP contribution in [0, 0.1) is 0 Å². The smallest absolute Gasteiger partial charge is 0.221 e. The zero-order valence-electron chi connectivity index (χ0n) is 13.7. The maximum atomic E-state index is 5.72.